The lowest BCUT2D eigenvalue weighted by molar-refractivity contribution is -0.384. The van der Waals surface area contributed by atoms with Gasteiger partial charge in [0.05, 0.1) is 24.2 Å². The number of aliphatic hydroxyl groups is 3. The number of carbonyl (C=O) groups excluding carboxylic acids is 2. The summed E-state index contributed by atoms with van der Waals surface area (Å²) in [5.74, 6) is -1.41. The van der Waals surface area contributed by atoms with Crippen LogP contribution in [-0.4, -0.2) is 64.5 Å². The lowest BCUT2D eigenvalue weighted by Gasteiger charge is -2.10. The van der Waals surface area contributed by atoms with Crippen LogP contribution in [0.5, 0.6) is 0 Å². The van der Waals surface area contributed by atoms with E-state index in [0.29, 0.717) is 0 Å². The number of non-ortho nitro benzene ring substituents is 1. The van der Waals surface area contributed by atoms with E-state index in [1.807, 2.05) is 0 Å². The Morgan fingerprint density at radius 1 is 1.13 bits per heavy atom. The van der Waals surface area contributed by atoms with Gasteiger partial charge in [0.15, 0.2) is 0 Å². The minimum Gasteiger partial charge on any atom is -0.395 e. The summed E-state index contributed by atoms with van der Waals surface area (Å²) in [6.07, 6.45) is -1.16. The Labute approximate surface area is 130 Å². The van der Waals surface area contributed by atoms with Gasteiger partial charge in [-0.15, -0.1) is 0 Å². The van der Waals surface area contributed by atoms with Crippen LogP contribution in [0.3, 0.4) is 0 Å². The molecule has 0 aliphatic heterocycles. The highest BCUT2D eigenvalue weighted by Gasteiger charge is 2.18. The topological polar surface area (TPSA) is 162 Å². The van der Waals surface area contributed by atoms with Crippen molar-refractivity contribution in [3.8, 4) is 0 Å². The van der Waals surface area contributed by atoms with Gasteiger partial charge in [-0.1, -0.05) is 0 Å². The number of nitro groups is 1. The molecule has 0 heterocycles. The van der Waals surface area contributed by atoms with Crippen LogP contribution >= 0.6 is 0 Å². The molecule has 0 bridgehead atoms. The number of carbonyl (C=O) groups is 2. The van der Waals surface area contributed by atoms with E-state index in [9.17, 15) is 24.8 Å². The SMILES string of the molecule is O=C(NCCO)c1cc(C(=O)NCC(O)CO)cc([N+](=O)[O-])c1. The second-order valence-electron chi connectivity index (χ2n) is 4.55. The number of nitrogens with zero attached hydrogens (tertiary/aromatic N) is 1. The van der Waals surface area contributed by atoms with Gasteiger partial charge in [-0.25, -0.2) is 0 Å². The fraction of sp³-hybridized carbons (Fsp3) is 0.385. The Morgan fingerprint density at radius 3 is 2.17 bits per heavy atom. The smallest absolute Gasteiger partial charge is 0.271 e. The van der Waals surface area contributed by atoms with E-state index in [0.717, 1.165) is 18.2 Å². The molecule has 1 aromatic carbocycles. The van der Waals surface area contributed by atoms with Crippen molar-refractivity contribution in [3.05, 3.63) is 39.4 Å². The molecule has 0 radical (unpaired) electrons. The Morgan fingerprint density at radius 2 is 1.70 bits per heavy atom. The average Bonchev–Trinajstić information content (AvgIpc) is 2.56. The van der Waals surface area contributed by atoms with Crippen LogP contribution in [0.2, 0.25) is 0 Å². The highest BCUT2D eigenvalue weighted by molar-refractivity contribution is 6.00. The first-order valence-corrected chi connectivity index (χ1v) is 6.64. The van der Waals surface area contributed by atoms with E-state index in [1.165, 1.54) is 0 Å². The predicted octanol–water partition coefficient (Wildman–Crippen LogP) is -1.60. The summed E-state index contributed by atoms with van der Waals surface area (Å²) >= 11 is 0. The number of benzene rings is 1. The third-order valence-electron chi connectivity index (χ3n) is 2.76. The molecule has 2 amide bonds. The van der Waals surface area contributed by atoms with Crippen molar-refractivity contribution >= 4 is 17.5 Å². The van der Waals surface area contributed by atoms with Crippen LogP contribution in [0.25, 0.3) is 0 Å². The lowest BCUT2D eigenvalue weighted by atomic mass is 10.1. The van der Waals surface area contributed by atoms with Crippen LogP contribution in [-0.2, 0) is 0 Å². The molecule has 10 nitrogen and oxygen atoms in total. The third-order valence-corrected chi connectivity index (χ3v) is 2.76. The Hall–Kier alpha value is -2.56. The Bertz CT molecular complexity index is 591. The Balaban J connectivity index is 3.02. The number of nitro benzene ring substituents is 1. The number of rotatable bonds is 8. The van der Waals surface area contributed by atoms with Crippen LogP contribution in [0.1, 0.15) is 20.7 Å². The standard InChI is InChI=1S/C13H17N3O7/c17-2-1-14-12(20)8-3-9(5-10(4-8)16(22)23)13(21)15-6-11(19)7-18/h3-5,11,17-19H,1-2,6-7H2,(H,14,20)(H,15,21). The molecule has 0 aliphatic carbocycles. The van der Waals surface area contributed by atoms with Crippen molar-refractivity contribution < 1.29 is 29.8 Å². The van der Waals surface area contributed by atoms with E-state index in [2.05, 4.69) is 10.6 Å². The highest BCUT2D eigenvalue weighted by atomic mass is 16.6. The van der Waals surface area contributed by atoms with Gasteiger partial charge in [-0.05, 0) is 6.07 Å². The first-order valence-electron chi connectivity index (χ1n) is 6.64. The molecule has 1 rings (SSSR count). The molecule has 1 unspecified atom stereocenters. The number of nitrogens with one attached hydrogen (secondary N) is 2. The van der Waals surface area contributed by atoms with Crippen molar-refractivity contribution in [1.29, 1.82) is 0 Å². The van der Waals surface area contributed by atoms with Crippen LogP contribution in [0, 0.1) is 10.1 Å². The van der Waals surface area contributed by atoms with Crippen molar-refractivity contribution in [2.24, 2.45) is 0 Å². The van der Waals surface area contributed by atoms with Gasteiger partial charge in [0, 0.05) is 36.3 Å². The molecule has 1 atom stereocenters. The molecule has 0 aliphatic rings. The Kier molecular flexibility index (Phi) is 7.06. The minimum absolute atomic E-state index is 0.0360. The van der Waals surface area contributed by atoms with Crippen molar-refractivity contribution in [1.82, 2.24) is 10.6 Å². The van der Waals surface area contributed by atoms with Crippen LogP contribution in [0.15, 0.2) is 18.2 Å². The second-order valence-corrected chi connectivity index (χ2v) is 4.55. The van der Waals surface area contributed by atoms with Gasteiger partial charge in [0.2, 0.25) is 0 Å². The maximum atomic E-state index is 11.9. The normalized spacial score (nSPS) is 11.6. The summed E-state index contributed by atoms with van der Waals surface area (Å²) in [6.45, 7) is -1.13. The lowest BCUT2D eigenvalue weighted by Crippen LogP contribution is -2.34. The summed E-state index contributed by atoms with van der Waals surface area (Å²) in [4.78, 5) is 33.9. The van der Waals surface area contributed by atoms with Gasteiger partial charge in [-0.2, -0.15) is 0 Å². The van der Waals surface area contributed by atoms with E-state index in [-0.39, 0.29) is 30.8 Å². The molecule has 5 N–H and O–H groups in total. The molecule has 0 fully saturated rings. The van der Waals surface area contributed by atoms with Gasteiger partial charge in [-0.3, -0.25) is 19.7 Å². The first kappa shape index (κ1) is 18.5. The largest absolute Gasteiger partial charge is 0.395 e. The summed E-state index contributed by atoms with van der Waals surface area (Å²) in [6, 6.07) is 3.15. The molecule has 0 saturated heterocycles. The molecule has 10 heteroatoms. The van der Waals surface area contributed by atoms with Crippen molar-refractivity contribution in [2.75, 3.05) is 26.3 Å². The maximum Gasteiger partial charge on any atom is 0.271 e. The number of hydrogen-bond donors (Lipinski definition) is 5. The first-order chi connectivity index (χ1) is 10.9. The zero-order chi connectivity index (χ0) is 17.4. The summed E-state index contributed by atoms with van der Waals surface area (Å²) in [5, 5.41) is 42.0. The predicted molar refractivity (Wildman–Crippen MR) is 77.9 cm³/mol. The minimum atomic E-state index is -1.16. The number of aliphatic hydroxyl groups excluding tert-OH is 3. The summed E-state index contributed by atoms with van der Waals surface area (Å²) in [7, 11) is 0. The van der Waals surface area contributed by atoms with Crippen molar-refractivity contribution in [2.45, 2.75) is 6.10 Å². The summed E-state index contributed by atoms with van der Waals surface area (Å²) < 4.78 is 0. The molecule has 0 aromatic heterocycles. The van der Waals surface area contributed by atoms with Gasteiger partial charge >= 0.3 is 0 Å². The van der Waals surface area contributed by atoms with Gasteiger partial charge in [0.1, 0.15) is 0 Å². The molecule has 1 aromatic rings. The average molecular weight is 327 g/mol. The van der Waals surface area contributed by atoms with E-state index in [1.54, 1.807) is 0 Å². The van der Waals surface area contributed by atoms with Crippen LogP contribution in [0.4, 0.5) is 5.69 Å². The van der Waals surface area contributed by atoms with E-state index in [4.69, 9.17) is 10.2 Å². The quantitative estimate of drug-likeness (QED) is 0.283. The number of hydrogen-bond acceptors (Lipinski definition) is 7. The fourth-order valence-electron chi connectivity index (χ4n) is 1.63. The summed E-state index contributed by atoms with van der Waals surface area (Å²) in [5.41, 5.74) is -0.700. The molecule has 23 heavy (non-hydrogen) atoms. The molecule has 0 spiro atoms. The highest BCUT2D eigenvalue weighted by Crippen LogP contribution is 2.17. The van der Waals surface area contributed by atoms with Crippen LogP contribution < -0.4 is 10.6 Å². The molecule has 126 valence electrons. The molecular weight excluding hydrogens is 310 g/mol. The van der Waals surface area contributed by atoms with Gasteiger partial charge < -0.3 is 26.0 Å². The maximum absolute atomic E-state index is 11.9. The second kappa shape index (κ2) is 8.78. The van der Waals surface area contributed by atoms with E-state index < -0.39 is 35.1 Å². The number of amides is 2. The molecular formula is C13H17N3O7. The third kappa shape index (κ3) is 5.62. The van der Waals surface area contributed by atoms with Crippen molar-refractivity contribution in [3.63, 3.8) is 0 Å². The monoisotopic (exact) mass is 327 g/mol. The van der Waals surface area contributed by atoms with Gasteiger partial charge in [0.25, 0.3) is 17.5 Å². The molecule has 0 saturated carbocycles. The zero-order valence-electron chi connectivity index (χ0n) is 12.1. The van der Waals surface area contributed by atoms with E-state index >= 15 is 0 Å². The fourth-order valence-corrected chi connectivity index (χ4v) is 1.63. The zero-order valence-corrected chi connectivity index (χ0v) is 12.1.